The van der Waals surface area contributed by atoms with Gasteiger partial charge in [-0.05, 0) is 53.9 Å². The van der Waals surface area contributed by atoms with Crippen LogP contribution in [-0.4, -0.2) is 19.1 Å². The molecule has 5 heteroatoms. The Morgan fingerprint density at radius 1 is 1.37 bits per heavy atom. The molecule has 0 aromatic heterocycles. The zero-order valence-corrected chi connectivity index (χ0v) is 13.4. The van der Waals surface area contributed by atoms with Crippen LogP contribution in [0, 0.1) is 0 Å². The predicted octanol–water partition coefficient (Wildman–Crippen LogP) is 4.64. The van der Waals surface area contributed by atoms with Crippen molar-refractivity contribution < 1.29 is 9.53 Å². The van der Waals surface area contributed by atoms with Gasteiger partial charge < -0.3 is 10.1 Å². The predicted molar refractivity (Wildman–Crippen MR) is 82.7 cm³/mol. The molecule has 1 rings (SSSR count). The summed E-state index contributed by atoms with van der Waals surface area (Å²) in [6.07, 6.45) is 3.42. The van der Waals surface area contributed by atoms with Crippen LogP contribution in [0.3, 0.4) is 0 Å². The number of hydrogen-bond donors (Lipinski definition) is 1. The topological polar surface area (TPSA) is 38.3 Å². The van der Waals surface area contributed by atoms with Crippen molar-refractivity contribution in [2.24, 2.45) is 0 Å². The summed E-state index contributed by atoms with van der Waals surface area (Å²) in [7, 11) is 0. The van der Waals surface area contributed by atoms with E-state index >= 15 is 0 Å². The monoisotopic (exact) mass is 347 g/mol. The fourth-order valence-corrected chi connectivity index (χ4v) is 2.07. The van der Waals surface area contributed by atoms with Gasteiger partial charge in [0.1, 0.15) is 0 Å². The summed E-state index contributed by atoms with van der Waals surface area (Å²) in [5.74, 6) is -0.102. The lowest BCUT2D eigenvalue weighted by Gasteiger charge is -2.07. The fourth-order valence-electron chi connectivity index (χ4n) is 1.64. The van der Waals surface area contributed by atoms with Gasteiger partial charge in [-0.2, -0.15) is 0 Å². The van der Waals surface area contributed by atoms with Crippen LogP contribution in [0.2, 0.25) is 5.02 Å². The van der Waals surface area contributed by atoms with Crippen LogP contribution in [0.15, 0.2) is 22.7 Å². The average Bonchev–Trinajstić information content (AvgIpc) is 2.38. The van der Waals surface area contributed by atoms with Crippen molar-refractivity contribution in [3.05, 3.63) is 27.7 Å². The Hall–Kier alpha value is -0.740. The molecule has 0 bridgehead atoms. The van der Waals surface area contributed by atoms with Gasteiger partial charge in [-0.15, -0.1) is 0 Å². The first-order valence-electron chi connectivity index (χ1n) is 6.48. The van der Waals surface area contributed by atoms with E-state index in [1.54, 1.807) is 0 Å². The van der Waals surface area contributed by atoms with Crippen molar-refractivity contribution in [1.29, 1.82) is 0 Å². The highest BCUT2D eigenvalue weighted by Gasteiger charge is 2.01. The molecule has 0 unspecified atom stereocenters. The number of unbranched alkanes of at least 4 members (excludes halogenated alkanes) is 2. The third kappa shape index (κ3) is 6.83. The Bertz CT molecular complexity index is 412. The highest BCUT2D eigenvalue weighted by Crippen LogP contribution is 2.25. The maximum Gasteiger partial charge on any atom is 0.305 e. The number of nitrogens with one attached hydrogen (secondary N) is 1. The lowest BCUT2D eigenvalue weighted by Crippen LogP contribution is -2.05. The fraction of sp³-hybridized carbons (Fsp3) is 0.500. The summed E-state index contributed by atoms with van der Waals surface area (Å²) in [5, 5.41) is 4.01. The molecule has 1 N–H and O–H groups in total. The first-order chi connectivity index (χ1) is 9.13. The molecule has 0 saturated carbocycles. The molecule has 0 spiro atoms. The van der Waals surface area contributed by atoms with Gasteiger partial charge in [0.25, 0.3) is 0 Å². The standard InChI is InChI=1S/C14H19BrClNO2/c1-2-19-14(18)6-4-3-5-9-17-11-7-8-12(15)13(16)10-11/h7-8,10,17H,2-6,9H2,1H3. The summed E-state index contributed by atoms with van der Waals surface area (Å²) >= 11 is 9.36. The SMILES string of the molecule is CCOC(=O)CCCCCNc1ccc(Br)c(Cl)c1. The minimum absolute atomic E-state index is 0.102. The quantitative estimate of drug-likeness (QED) is 0.549. The number of carbonyl (C=O) groups excluding carboxylic acids is 1. The number of ether oxygens (including phenoxy) is 1. The molecule has 0 heterocycles. The summed E-state index contributed by atoms with van der Waals surface area (Å²) in [6, 6.07) is 5.80. The average molecular weight is 349 g/mol. The molecule has 0 radical (unpaired) electrons. The molecule has 1 aromatic carbocycles. The highest BCUT2D eigenvalue weighted by molar-refractivity contribution is 9.10. The van der Waals surface area contributed by atoms with Crippen molar-refractivity contribution in [2.75, 3.05) is 18.5 Å². The van der Waals surface area contributed by atoms with E-state index < -0.39 is 0 Å². The second kappa shape index (κ2) is 9.21. The summed E-state index contributed by atoms with van der Waals surface area (Å²) in [6.45, 7) is 3.16. The molecule has 19 heavy (non-hydrogen) atoms. The molecule has 0 aliphatic carbocycles. The summed E-state index contributed by atoms with van der Waals surface area (Å²) < 4.78 is 5.77. The smallest absolute Gasteiger partial charge is 0.305 e. The Labute approximate surface area is 127 Å². The normalized spacial score (nSPS) is 10.3. The lowest BCUT2D eigenvalue weighted by molar-refractivity contribution is -0.143. The third-order valence-corrected chi connectivity index (χ3v) is 3.84. The van der Waals surface area contributed by atoms with E-state index in [1.165, 1.54) is 0 Å². The number of hydrogen-bond acceptors (Lipinski definition) is 3. The van der Waals surface area contributed by atoms with Gasteiger partial charge in [0.05, 0.1) is 11.6 Å². The Balaban J connectivity index is 2.10. The minimum Gasteiger partial charge on any atom is -0.466 e. The Morgan fingerprint density at radius 2 is 2.16 bits per heavy atom. The van der Waals surface area contributed by atoms with Gasteiger partial charge >= 0.3 is 5.97 Å². The van der Waals surface area contributed by atoms with E-state index in [2.05, 4.69) is 21.2 Å². The number of halogens is 2. The lowest BCUT2D eigenvalue weighted by atomic mass is 10.2. The van der Waals surface area contributed by atoms with Gasteiger partial charge in [-0.1, -0.05) is 18.0 Å². The van der Waals surface area contributed by atoms with Gasteiger partial charge in [0.2, 0.25) is 0 Å². The number of anilines is 1. The molecule has 0 fully saturated rings. The van der Waals surface area contributed by atoms with E-state index in [0.717, 1.165) is 36.0 Å². The van der Waals surface area contributed by atoms with Crippen LogP contribution in [0.25, 0.3) is 0 Å². The van der Waals surface area contributed by atoms with Crippen LogP contribution in [-0.2, 0) is 9.53 Å². The van der Waals surface area contributed by atoms with E-state index in [0.29, 0.717) is 18.1 Å². The van der Waals surface area contributed by atoms with Gasteiger partial charge in [-0.25, -0.2) is 0 Å². The second-order valence-corrected chi connectivity index (χ2v) is 5.43. The van der Waals surface area contributed by atoms with E-state index in [1.807, 2.05) is 25.1 Å². The zero-order valence-electron chi connectivity index (χ0n) is 11.0. The molecule has 1 aromatic rings. The molecule has 0 aliphatic heterocycles. The molecule has 3 nitrogen and oxygen atoms in total. The molecule has 0 amide bonds. The first-order valence-corrected chi connectivity index (χ1v) is 7.65. The zero-order chi connectivity index (χ0) is 14.1. The van der Waals surface area contributed by atoms with Crippen LogP contribution in [0.4, 0.5) is 5.69 Å². The Kier molecular flexibility index (Phi) is 7.91. The maximum atomic E-state index is 11.1. The van der Waals surface area contributed by atoms with Crippen LogP contribution >= 0.6 is 27.5 Å². The van der Waals surface area contributed by atoms with Crippen molar-refractivity contribution in [3.63, 3.8) is 0 Å². The van der Waals surface area contributed by atoms with Crippen LogP contribution < -0.4 is 5.32 Å². The molecule has 0 saturated heterocycles. The minimum atomic E-state index is -0.102. The first kappa shape index (κ1) is 16.3. The Morgan fingerprint density at radius 3 is 2.84 bits per heavy atom. The number of rotatable bonds is 8. The largest absolute Gasteiger partial charge is 0.466 e. The number of benzene rings is 1. The van der Waals surface area contributed by atoms with Crippen LogP contribution in [0.5, 0.6) is 0 Å². The van der Waals surface area contributed by atoms with Crippen molar-refractivity contribution >= 4 is 39.2 Å². The molecular formula is C14H19BrClNO2. The highest BCUT2D eigenvalue weighted by atomic mass is 79.9. The molecule has 106 valence electrons. The maximum absolute atomic E-state index is 11.1. The third-order valence-electron chi connectivity index (χ3n) is 2.61. The number of carbonyl (C=O) groups is 1. The summed E-state index contributed by atoms with van der Waals surface area (Å²) in [5.41, 5.74) is 1.01. The van der Waals surface area contributed by atoms with E-state index in [9.17, 15) is 4.79 Å². The van der Waals surface area contributed by atoms with E-state index in [-0.39, 0.29) is 5.97 Å². The van der Waals surface area contributed by atoms with Gasteiger partial charge in [0.15, 0.2) is 0 Å². The van der Waals surface area contributed by atoms with Crippen LogP contribution in [0.1, 0.15) is 32.6 Å². The second-order valence-electron chi connectivity index (χ2n) is 4.17. The van der Waals surface area contributed by atoms with Crippen molar-refractivity contribution in [2.45, 2.75) is 32.6 Å². The van der Waals surface area contributed by atoms with Gasteiger partial charge in [-0.3, -0.25) is 4.79 Å². The molecular weight excluding hydrogens is 330 g/mol. The van der Waals surface area contributed by atoms with Crippen molar-refractivity contribution in [3.8, 4) is 0 Å². The van der Waals surface area contributed by atoms with E-state index in [4.69, 9.17) is 16.3 Å². The van der Waals surface area contributed by atoms with Gasteiger partial charge in [0, 0.05) is 23.1 Å². The number of esters is 1. The molecule has 0 aliphatic rings. The summed E-state index contributed by atoms with van der Waals surface area (Å²) in [4.78, 5) is 11.1. The molecule has 0 atom stereocenters. The van der Waals surface area contributed by atoms with Crippen molar-refractivity contribution in [1.82, 2.24) is 0 Å².